The van der Waals surface area contributed by atoms with Gasteiger partial charge in [0.25, 0.3) is 0 Å². The molecule has 1 aliphatic heterocycles. The number of carbonyl (C=O) groups is 1. The number of hydrogen-bond acceptors (Lipinski definition) is 2. The highest BCUT2D eigenvalue weighted by molar-refractivity contribution is 5.73. The third kappa shape index (κ3) is 1.78. The highest BCUT2D eigenvalue weighted by Gasteiger charge is 2.35. The second-order valence-electron chi connectivity index (χ2n) is 3.99. The molecule has 0 aromatic rings. The van der Waals surface area contributed by atoms with Gasteiger partial charge in [0.05, 0.1) is 0 Å². The van der Waals surface area contributed by atoms with Crippen LogP contribution in [0.2, 0.25) is 0 Å². The van der Waals surface area contributed by atoms with E-state index in [-0.39, 0.29) is 6.04 Å². The van der Waals surface area contributed by atoms with Crippen LogP contribution >= 0.6 is 0 Å². The molecule has 3 nitrogen and oxygen atoms in total. The van der Waals surface area contributed by atoms with Crippen molar-refractivity contribution in [3.8, 4) is 0 Å². The lowest BCUT2D eigenvalue weighted by Gasteiger charge is -2.24. The fourth-order valence-electron chi connectivity index (χ4n) is 1.89. The van der Waals surface area contributed by atoms with E-state index >= 15 is 0 Å². The Labute approximate surface area is 73.4 Å². The van der Waals surface area contributed by atoms with Crippen LogP contribution in [-0.4, -0.2) is 34.6 Å². The Kier molecular flexibility index (Phi) is 2.73. The molecule has 1 rings (SSSR count). The van der Waals surface area contributed by atoms with Crippen LogP contribution < -0.4 is 0 Å². The number of hydrogen-bond donors (Lipinski definition) is 1. The second-order valence-corrected chi connectivity index (χ2v) is 3.99. The fraction of sp³-hybridized carbons (Fsp3) is 0.889. The van der Waals surface area contributed by atoms with Gasteiger partial charge < -0.3 is 5.11 Å². The minimum Gasteiger partial charge on any atom is -0.480 e. The lowest BCUT2D eigenvalue weighted by Crippen LogP contribution is -2.40. The standard InChI is InChI=1S/C9H17NO2/c1-6(2)10-5-7(3)4-8(10)9(11)12/h6-8H,4-5H2,1-3H3,(H,11,12)/t7-,8-/m1/s1. The quantitative estimate of drug-likeness (QED) is 0.678. The minimum absolute atomic E-state index is 0.250. The Morgan fingerprint density at radius 3 is 2.50 bits per heavy atom. The number of rotatable bonds is 2. The highest BCUT2D eigenvalue weighted by Crippen LogP contribution is 2.24. The maximum Gasteiger partial charge on any atom is 0.320 e. The molecule has 2 atom stereocenters. The van der Waals surface area contributed by atoms with E-state index in [0.29, 0.717) is 12.0 Å². The molecule has 0 bridgehead atoms. The molecule has 1 aliphatic rings. The topological polar surface area (TPSA) is 40.5 Å². The van der Waals surface area contributed by atoms with Crippen molar-refractivity contribution in [1.29, 1.82) is 0 Å². The van der Waals surface area contributed by atoms with Crippen molar-refractivity contribution in [2.75, 3.05) is 6.54 Å². The van der Waals surface area contributed by atoms with E-state index in [1.54, 1.807) is 0 Å². The van der Waals surface area contributed by atoms with Crippen molar-refractivity contribution in [3.05, 3.63) is 0 Å². The van der Waals surface area contributed by atoms with Gasteiger partial charge in [-0.1, -0.05) is 6.92 Å². The summed E-state index contributed by atoms with van der Waals surface area (Å²) in [4.78, 5) is 12.9. The van der Waals surface area contributed by atoms with Crippen molar-refractivity contribution in [2.45, 2.75) is 39.3 Å². The zero-order chi connectivity index (χ0) is 9.30. The zero-order valence-corrected chi connectivity index (χ0v) is 7.95. The maximum atomic E-state index is 10.8. The van der Waals surface area contributed by atoms with E-state index in [9.17, 15) is 4.79 Å². The number of likely N-dealkylation sites (tertiary alicyclic amines) is 1. The van der Waals surface area contributed by atoms with Gasteiger partial charge in [0, 0.05) is 12.6 Å². The summed E-state index contributed by atoms with van der Waals surface area (Å²) >= 11 is 0. The smallest absolute Gasteiger partial charge is 0.320 e. The first-order chi connectivity index (χ1) is 5.52. The summed E-state index contributed by atoms with van der Waals surface area (Å²) in [6.45, 7) is 7.13. The predicted octanol–water partition coefficient (Wildman–Crippen LogP) is 1.19. The lowest BCUT2D eigenvalue weighted by molar-refractivity contribution is -0.142. The molecule has 0 spiro atoms. The molecule has 1 heterocycles. The van der Waals surface area contributed by atoms with E-state index in [1.807, 2.05) is 13.8 Å². The molecular weight excluding hydrogens is 154 g/mol. The Hall–Kier alpha value is -0.570. The van der Waals surface area contributed by atoms with Gasteiger partial charge in [-0.05, 0) is 26.2 Å². The summed E-state index contributed by atoms with van der Waals surface area (Å²) < 4.78 is 0. The van der Waals surface area contributed by atoms with Crippen LogP contribution in [0.15, 0.2) is 0 Å². The lowest BCUT2D eigenvalue weighted by atomic mass is 10.1. The van der Waals surface area contributed by atoms with Crippen molar-refractivity contribution in [3.63, 3.8) is 0 Å². The molecule has 1 N–H and O–H groups in total. The zero-order valence-electron chi connectivity index (χ0n) is 7.95. The van der Waals surface area contributed by atoms with E-state index in [2.05, 4.69) is 11.8 Å². The first-order valence-electron chi connectivity index (χ1n) is 4.51. The molecule has 0 aromatic carbocycles. The normalized spacial score (nSPS) is 31.3. The van der Waals surface area contributed by atoms with Crippen LogP contribution in [0.3, 0.4) is 0 Å². The molecule has 12 heavy (non-hydrogen) atoms. The molecule has 1 saturated heterocycles. The summed E-state index contributed by atoms with van der Waals surface area (Å²) in [5.74, 6) is -0.151. The third-order valence-electron chi connectivity index (χ3n) is 2.50. The SMILES string of the molecule is CC(C)N1C[C@H](C)C[C@@H]1C(=O)O. The van der Waals surface area contributed by atoms with Crippen LogP contribution in [0.4, 0.5) is 0 Å². The first-order valence-corrected chi connectivity index (χ1v) is 4.51. The molecule has 0 aromatic heterocycles. The van der Waals surface area contributed by atoms with Crippen molar-refractivity contribution in [1.82, 2.24) is 4.90 Å². The molecular formula is C9H17NO2. The van der Waals surface area contributed by atoms with Gasteiger partial charge in [0.1, 0.15) is 6.04 Å². The second kappa shape index (κ2) is 3.44. The summed E-state index contributed by atoms with van der Waals surface area (Å²) in [7, 11) is 0. The first kappa shape index (κ1) is 9.52. The number of aliphatic carboxylic acids is 1. The molecule has 0 amide bonds. The Bertz CT molecular complexity index is 179. The Morgan fingerprint density at radius 1 is 1.58 bits per heavy atom. The minimum atomic E-state index is -0.673. The van der Waals surface area contributed by atoms with Gasteiger partial charge in [-0.15, -0.1) is 0 Å². The number of carboxylic acids is 1. The van der Waals surface area contributed by atoms with Gasteiger partial charge in [-0.3, -0.25) is 9.69 Å². The van der Waals surface area contributed by atoms with Gasteiger partial charge in [0.15, 0.2) is 0 Å². The number of carboxylic acid groups (broad SMARTS) is 1. The molecule has 0 radical (unpaired) electrons. The predicted molar refractivity (Wildman–Crippen MR) is 47.0 cm³/mol. The van der Waals surface area contributed by atoms with E-state index in [4.69, 9.17) is 5.11 Å². The van der Waals surface area contributed by atoms with E-state index in [0.717, 1.165) is 13.0 Å². The molecule has 0 saturated carbocycles. The molecule has 1 fully saturated rings. The van der Waals surface area contributed by atoms with E-state index in [1.165, 1.54) is 0 Å². The largest absolute Gasteiger partial charge is 0.480 e. The van der Waals surface area contributed by atoms with Crippen molar-refractivity contribution < 1.29 is 9.90 Å². The fourth-order valence-corrected chi connectivity index (χ4v) is 1.89. The van der Waals surface area contributed by atoms with Gasteiger partial charge in [-0.2, -0.15) is 0 Å². The van der Waals surface area contributed by atoms with Crippen LogP contribution in [0.25, 0.3) is 0 Å². The number of nitrogens with zero attached hydrogens (tertiary/aromatic N) is 1. The van der Waals surface area contributed by atoms with Crippen LogP contribution in [0.5, 0.6) is 0 Å². The van der Waals surface area contributed by atoms with Crippen molar-refractivity contribution >= 4 is 5.97 Å². The molecule has 0 unspecified atom stereocenters. The molecule has 70 valence electrons. The Morgan fingerprint density at radius 2 is 2.17 bits per heavy atom. The Balaban J connectivity index is 2.65. The van der Waals surface area contributed by atoms with Crippen LogP contribution in [0.1, 0.15) is 27.2 Å². The van der Waals surface area contributed by atoms with E-state index < -0.39 is 5.97 Å². The monoisotopic (exact) mass is 171 g/mol. The molecule has 3 heteroatoms. The van der Waals surface area contributed by atoms with Gasteiger partial charge in [-0.25, -0.2) is 0 Å². The maximum absolute atomic E-state index is 10.8. The summed E-state index contributed by atoms with van der Waals surface area (Å²) in [6.07, 6.45) is 0.799. The summed E-state index contributed by atoms with van der Waals surface area (Å²) in [5, 5.41) is 8.91. The summed E-state index contributed by atoms with van der Waals surface area (Å²) in [5.41, 5.74) is 0. The van der Waals surface area contributed by atoms with Gasteiger partial charge in [0.2, 0.25) is 0 Å². The average molecular weight is 171 g/mol. The third-order valence-corrected chi connectivity index (χ3v) is 2.50. The molecule has 0 aliphatic carbocycles. The van der Waals surface area contributed by atoms with Crippen LogP contribution in [-0.2, 0) is 4.79 Å². The summed E-state index contributed by atoms with van der Waals surface area (Å²) in [6, 6.07) is 0.0936. The highest BCUT2D eigenvalue weighted by atomic mass is 16.4. The average Bonchev–Trinajstić information content (AvgIpc) is 2.31. The van der Waals surface area contributed by atoms with Crippen molar-refractivity contribution in [2.24, 2.45) is 5.92 Å². The van der Waals surface area contributed by atoms with Gasteiger partial charge >= 0.3 is 5.97 Å². The van der Waals surface area contributed by atoms with Crippen LogP contribution in [0, 0.1) is 5.92 Å².